The number of hydrogen-bond acceptors (Lipinski definition) is 18. The van der Waals surface area contributed by atoms with Crippen molar-refractivity contribution < 1.29 is 72.0 Å². The molecule has 442 valence electrons. The molecule has 1 unspecified atom stereocenters. The van der Waals surface area contributed by atoms with Crippen LogP contribution in [-0.2, 0) is 68.5 Å². The fourth-order valence-corrected chi connectivity index (χ4v) is 8.14. The summed E-state index contributed by atoms with van der Waals surface area (Å²) >= 11 is 0. The van der Waals surface area contributed by atoms with Crippen LogP contribution < -0.4 is 31.5 Å². The lowest BCUT2D eigenvalue weighted by Gasteiger charge is -2.30. The maximum Gasteiger partial charge on any atom is 0.320 e. The lowest BCUT2D eigenvalue weighted by molar-refractivity contribution is -0.162. The van der Waals surface area contributed by atoms with Gasteiger partial charge in [-0.25, -0.2) is 5.48 Å². The first kappa shape index (κ1) is 68.2. The van der Waals surface area contributed by atoms with Crippen molar-refractivity contribution in [3.05, 3.63) is 29.8 Å². The van der Waals surface area contributed by atoms with Gasteiger partial charge in [-0.1, -0.05) is 26.0 Å². The van der Waals surface area contributed by atoms with E-state index < -0.39 is 100 Å². The van der Waals surface area contributed by atoms with Gasteiger partial charge in [-0.05, 0) is 132 Å². The second-order valence-electron chi connectivity index (χ2n) is 24.0. The maximum atomic E-state index is 13.9. The first-order valence-electron chi connectivity index (χ1n) is 26.9. The quantitative estimate of drug-likeness (QED) is 0.0256. The molecule has 2 aliphatic heterocycles. The van der Waals surface area contributed by atoms with Crippen molar-refractivity contribution in [1.82, 2.24) is 41.4 Å². The van der Waals surface area contributed by atoms with Crippen molar-refractivity contribution in [3.8, 4) is 5.75 Å². The molecule has 0 radical (unpaired) electrons. The van der Waals surface area contributed by atoms with E-state index in [1.165, 1.54) is 0 Å². The number of ether oxygens (including phenoxy) is 5. The van der Waals surface area contributed by atoms with Crippen LogP contribution in [0, 0.1) is 17.8 Å². The number of hydrogen-bond donors (Lipinski definition) is 6. The summed E-state index contributed by atoms with van der Waals surface area (Å²) in [5.74, 6) is -6.33. The fraction of sp³-hybridized carbons (Fsp3) is 0.727. The van der Waals surface area contributed by atoms with E-state index in [0.29, 0.717) is 30.6 Å². The van der Waals surface area contributed by atoms with Gasteiger partial charge in [0.05, 0.1) is 51.8 Å². The Morgan fingerprint density at radius 3 is 1.49 bits per heavy atom. The van der Waals surface area contributed by atoms with Gasteiger partial charge in [0.25, 0.3) is 0 Å². The molecule has 1 aromatic carbocycles. The van der Waals surface area contributed by atoms with Crippen LogP contribution in [0.2, 0.25) is 0 Å². The number of esters is 4. The molecule has 23 nitrogen and oxygen atoms in total. The molecule has 6 N–H and O–H groups in total. The van der Waals surface area contributed by atoms with E-state index in [2.05, 4.69) is 21.3 Å². The van der Waals surface area contributed by atoms with Crippen LogP contribution in [-0.4, -0.2) is 187 Å². The Morgan fingerprint density at radius 2 is 1.06 bits per heavy atom. The molecule has 2 heterocycles. The third-order valence-electron chi connectivity index (χ3n) is 11.3. The number of nitrogens with one attached hydrogen (secondary N) is 5. The van der Waals surface area contributed by atoms with Gasteiger partial charge in [0.2, 0.25) is 29.5 Å². The first-order valence-corrected chi connectivity index (χ1v) is 26.9. The Balaban J connectivity index is 2.20. The normalized spacial score (nSPS) is 16.6. The Hall–Kier alpha value is -5.91. The van der Waals surface area contributed by atoms with Gasteiger partial charge in [-0.2, -0.15) is 0 Å². The monoisotopic (exact) mass is 1100 g/mol. The van der Waals surface area contributed by atoms with E-state index in [-0.39, 0.29) is 97.4 Å². The van der Waals surface area contributed by atoms with E-state index in [1.54, 1.807) is 128 Å². The summed E-state index contributed by atoms with van der Waals surface area (Å²) in [5.41, 5.74) is -0.793. The molecule has 0 aliphatic carbocycles. The minimum Gasteiger partial charge on any atom is -0.494 e. The molecule has 3 atom stereocenters. The van der Waals surface area contributed by atoms with E-state index in [9.17, 15) is 48.4 Å². The zero-order chi connectivity index (χ0) is 59.0. The van der Waals surface area contributed by atoms with E-state index in [1.807, 2.05) is 13.8 Å². The van der Waals surface area contributed by atoms with E-state index in [0.717, 1.165) is 0 Å². The molecule has 1 aromatic rings. The molecule has 5 amide bonds. The summed E-state index contributed by atoms with van der Waals surface area (Å²) in [6.07, 6.45) is 1.32. The second kappa shape index (κ2) is 32.2. The number of benzene rings is 1. The van der Waals surface area contributed by atoms with Gasteiger partial charge in [-0.3, -0.25) is 63.1 Å². The first-order chi connectivity index (χ1) is 36.1. The maximum absolute atomic E-state index is 13.9. The van der Waals surface area contributed by atoms with Crippen LogP contribution >= 0.6 is 0 Å². The summed E-state index contributed by atoms with van der Waals surface area (Å²) < 4.78 is 28.0. The molecule has 78 heavy (non-hydrogen) atoms. The molecular formula is C55H92N8O15. The molecule has 0 spiro atoms. The predicted octanol–water partition coefficient (Wildman–Crippen LogP) is 2.68. The molecule has 0 saturated heterocycles. The number of hydroxylamine groups is 1. The molecule has 2 aliphatic rings. The van der Waals surface area contributed by atoms with Crippen LogP contribution in [0.3, 0.4) is 0 Å². The van der Waals surface area contributed by atoms with Crippen LogP contribution in [0.1, 0.15) is 128 Å². The topological polar surface area (TPSA) is 290 Å². The third-order valence-corrected chi connectivity index (χ3v) is 11.3. The zero-order valence-electron chi connectivity index (χ0n) is 48.9. The lowest BCUT2D eigenvalue weighted by atomic mass is 9.81. The molecule has 0 saturated carbocycles. The minimum atomic E-state index is -1.13. The van der Waals surface area contributed by atoms with Crippen molar-refractivity contribution in [2.75, 3.05) is 85.1 Å². The Labute approximate surface area is 461 Å². The average molecular weight is 1110 g/mol. The highest BCUT2D eigenvalue weighted by molar-refractivity contribution is 5.93. The van der Waals surface area contributed by atoms with Gasteiger partial charge >= 0.3 is 23.9 Å². The van der Waals surface area contributed by atoms with Crippen molar-refractivity contribution in [2.45, 2.75) is 157 Å². The third kappa shape index (κ3) is 30.9. The standard InChI is InChI=1S/C55H92N8O15/c1-37(2)29-41-40(50(71)60-73)17-15-28-74-39-20-18-38(19-21-39)30-42(59-49(41)70)51(72)58-31-43(64)56-22-16-23-57-44(65)32-61(24-26-62(33-45(66)75-52(3,4)5)34-46(67)76-53(6,7)8)25-27-63(35-47(68)77-54(9,10)11)36-48(69)78-55(12,13)14/h18-21,37,40-42,73H,15-17,22-36H2,1-14H3,(H,56,64)(H,57,65)(H,58,72)(H,59,70)(H,60,71)/t40-,41+,42?/m0/s1. The SMILES string of the molecule is CC(C)C[C@H]1C(=O)NC(C(=O)NCC(=O)NCCCNC(=O)CN(CCN(CC(=O)OC(C)(C)C)CC(=O)OC(C)(C)C)CCN(CC(=O)OC(C)(C)C)CC(=O)OC(C)(C)C)Cc2ccc(cc2)OCCC[C@@H]1C(=O)NO. The van der Waals surface area contributed by atoms with Gasteiger partial charge in [-0.15, -0.1) is 0 Å². The summed E-state index contributed by atoms with van der Waals surface area (Å²) in [7, 11) is 0. The minimum absolute atomic E-state index is 0.00683. The van der Waals surface area contributed by atoms with Gasteiger partial charge in [0.1, 0.15) is 34.2 Å². The molecule has 3 rings (SSSR count). The van der Waals surface area contributed by atoms with Gasteiger partial charge in [0, 0.05) is 51.6 Å². The predicted molar refractivity (Wildman–Crippen MR) is 290 cm³/mol. The van der Waals surface area contributed by atoms with Crippen molar-refractivity contribution in [3.63, 3.8) is 0 Å². The lowest BCUT2D eigenvalue weighted by Crippen LogP contribution is -2.53. The number of carbonyl (C=O) groups is 9. The highest BCUT2D eigenvalue weighted by atomic mass is 16.6. The molecular weight excluding hydrogens is 1010 g/mol. The van der Waals surface area contributed by atoms with Crippen molar-refractivity contribution >= 4 is 53.4 Å². The van der Waals surface area contributed by atoms with Crippen LogP contribution in [0.25, 0.3) is 0 Å². The van der Waals surface area contributed by atoms with E-state index in [4.69, 9.17) is 23.7 Å². The smallest absolute Gasteiger partial charge is 0.320 e. The highest BCUT2D eigenvalue weighted by Crippen LogP contribution is 2.27. The average Bonchev–Trinajstić information content (AvgIpc) is 3.27. The Morgan fingerprint density at radius 1 is 0.628 bits per heavy atom. The Bertz CT molecular complexity index is 2000. The largest absolute Gasteiger partial charge is 0.494 e. The molecule has 2 bridgehead atoms. The second-order valence-corrected chi connectivity index (χ2v) is 24.0. The summed E-state index contributed by atoms with van der Waals surface area (Å²) in [6, 6.07) is 5.91. The molecule has 0 fully saturated rings. The van der Waals surface area contributed by atoms with Crippen LogP contribution in [0.5, 0.6) is 5.75 Å². The van der Waals surface area contributed by atoms with Crippen LogP contribution in [0.15, 0.2) is 24.3 Å². The van der Waals surface area contributed by atoms with Gasteiger partial charge < -0.3 is 45.0 Å². The van der Waals surface area contributed by atoms with E-state index >= 15 is 0 Å². The highest BCUT2D eigenvalue weighted by Gasteiger charge is 2.36. The molecule has 23 heteroatoms. The van der Waals surface area contributed by atoms with Crippen molar-refractivity contribution in [1.29, 1.82) is 0 Å². The molecule has 0 aromatic heterocycles. The van der Waals surface area contributed by atoms with Crippen molar-refractivity contribution in [2.24, 2.45) is 17.8 Å². The number of rotatable bonds is 26. The number of fused-ring (bicyclic) bond motifs is 11. The van der Waals surface area contributed by atoms with Gasteiger partial charge in [0.15, 0.2) is 0 Å². The number of carbonyl (C=O) groups excluding carboxylic acids is 9. The number of nitrogens with zero attached hydrogens (tertiary/aromatic N) is 3. The number of amides is 5. The summed E-state index contributed by atoms with van der Waals surface area (Å²) in [6.45, 7) is 23.9. The fourth-order valence-electron chi connectivity index (χ4n) is 8.14. The van der Waals surface area contributed by atoms with Crippen LogP contribution in [0.4, 0.5) is 0 Å². The summed E-state index contributed by atoms with van der Waals surface area (Å²) in [5, 5.41) is 20.6. The zero-order valence-corrected chi connectivity index (χ0v) is 48.9. The summed E-state index contributed by atoms with van der Waals surface area (Å²) in [4.78, 5) is 124. The Kier molecular flexibility index (Phi) is 28.2.